The Morgan fingerprint density at radius 1 is 1.24 bits per heavy atom. The van der Waals surface area contributed by atoms with Crippen LogP contribution in [0.15, 0.2) is 39.6 Å². The Labute approximate surface area is 105 Å². The van der Waals surface area contributed by atoms with E-state index in [0.717, 1.165) is 34.6 Å². The average molecular weight is 250 g/mol. The van der Waals surface area contributed by atoms with Gasteiger partial charge < -0.3 is 0 Å². The third-order valence-electron chi connectivity index (χ3n) is 2.89. The second kappa shape index (κ2) is 5.50. The minimum absolute atomic E-state index is 0.223. The number of hydrogen-bond donors (Lipinski definition) is 0. The molecule has 0 unspecified atom stereocenters. The van der Waals surface area contributed by atoms with Crippen molar-refractivity contribution in [3.63, 3.8) is 0 Å². The molecule has 0 saturated heterocycles. The third-order valence-corrected chi connectivity index (χ3v) is 4.09. The molecule has 0 spiro atoms. The van der Waals surface area contributed by atoms with E-state index in [1.165, 1.54) is 12.1 Å². The van der Waals surface area contributed by atoms with Crippen molar-refractivity contribution >= 4 is 17.5 Å². The van der Waals surface area contributed by atoms with Gasteiger partial charge in [-0.15, -0.1) is 0 Å². The lowest BCUT2D eigenvalue weighted by atomic mass is 9.96. The standard InChI is InChI=1S/C14H15FOS/c1-2-12-13(16)4-3-5-14(12)17-11-8-6-10(15)7-9-11/h6-9H,2-5H2,1H3. The van der Waals surface area contributed by atoms with Gasteiger partial charge in [0.2, 0.25) is 0 Å². The van der Waals surface area contributed by atoms with Crippen molar-refractivity contribution in [2.75, 3.05) is 0 Å². The summed E-state index contributed by atoms with van der Waals surface area (Å²) in [6, 6.07) is 6.44. The molecule has 0 radical (unpaired) electrons. The molecule has 0 heterocycles. The van der Waals surface area contributed by atoms with Crippen molar-refractivity contribution < 1.29 is 9.18 Å². The molecule has 90 valence electrons. The molecule has 0 atom stereocenters. The molecule has 3 heteroatoms. The van der Waals surface area contributed by atoms with Gasteiger partial charge >= 0.3 is 0 Å². The van der Waals surface area contributed by atoms with Crippen molar-refractivity contribution in [3.8, 4) is 0 Å². The Kier molecular flexibility index (Phi) is 4.00. The fourth-order valence-corrected chi connectivity index (χ4v) is 3.20. The lowest BCUT2D eigenvalue weighted by molar-refractivity contribution is -0.116. The molecule has 0 aliphatic heterocycles. The molecule has 0 saturated carbocycles. The van der Waals surface area contributed by atoms with Crippen LogP contribution in [0, 0.1) is 5.82 Å². The molecule has 0 amide bonds. The summed E-state index contributed by atoms with van der Waals surface area (Å²) in [7, 11) is 0. The van der Waals surface area contributed by atoms with Crippen molar-refractivity contribution in [1.82, 2.24) is 0 Å². The van der Waals surface area contributed by atoms with Crippen LogP contribution in [0.5, 0.6) is 0 Å². The fraction of sp³-hybridized carbons (Fsp3) is 0.357. The summed E-state index contributed by atoms with van der Waals surface area (Å²) in [5, 5.41) is 0. The summed E-state index contributed by atoms with van der Waals surface area (Å²) >= 11 is 1.60. The Bertz CT molecular complexity index is 448. The smallest absolute Gasteiger partial charge is 0.159 e. The first-order chi connectivity index (χ1) is 8.20. The zero-order valence-electron chi connectivity index (χ0n) is 9.83. The van der Waals surface area contributed by atoms with Gasteiger partial charge in [0.25, 0.3) is 0 Å². The molecule has 0 N–H and O–H groups in total. The minimum atomic E-state index is -0.223. The monoisotopic (exact) mass is 250 g/mol. The van der Waals surface area contributed by atoms with Gasteiger partial charge in [0.15, 0.2) is 5.78 Å². The summed E-state index contributed by atoms with van der Waals surface area (Å²) in [4.78, 5) is 13.9. The van der Waals surface area contributed by atoms with Crippen LogP contribution >= 0.6 is 11.8 Å². The molecule has 17 heavy (non-hydrogen) atoms. The van der Waals surface area contributed by atoms with Crippen LogP contribution in [-0.2, 0) is 4.79 Å². The van der Waals surface area contributed by atoms with Crippen LogP contribution in [0.1, 0.15) is 32.6 Å². The van der Waals surface area contributed by atoms with Gasteiger partial charge in [-0.05, 0) is 48.4 Å². The van der Waals surface area contributed by atoms with Gasteiger partial charge in [-0.2, -0.15) is 0 Å². The third kappa shape index (κ3) is 2.97. The van der Waals surface area contributed by atoms with Crippen LogP contribution in [0.2, 0.25) is 0 Å². The van der Waals surface area contributed by atoms with E-state index in [0.29, 0.717) is 6.42 Å². The highest BCUT2D eigenvalue weighted by Gasteiger charge is 2.19. The maximum Gasteiger partial charge on any atom is 0.159 e. The van der Waals surface area contributed by atoms with Crippen LogP contribution in [-0.4, -0.2) is 5.78 Å². The zero-order valence-corrected chi connectivity index (χ0v) is 10.6. The van der Waals surface area contributed by atoms with Crippen molar-refractivity contribution in [1.29, 1.82) is 0 Å². The Morgan fingerprint density at radius 2 is 1.94 bits per heavy atom. The lowest BCUT2D eigenvalue weighted by Crippen LogP contribution is -2.09. The van der Waals surface area contributed by atoms with Crippen molar-refractivity contribution in [2.24, 2.45) is 0 Å². The maximum atomic E-state index is 12.8. The number of rotatable bonds is 3. The van der Waals surface area contributed by atoms with Crippen molar-refractivity contribution in [3.05, 3.63) is 40.6 Å². The maximum absolute atomic E-state index is 12.8. The van der Waals surface area contributed by atoms with Crippen LogP contribution in [0.25, 0.3) is 0 Å². The minimum Gasteiger partial charge on any atom is -0.295 e. The van der Waals surface area contributed by atoms with E-state index >= 15 is 0 Å². The normalized spacial score (nSPS) is 16.5. The van der Waals surface area contributed by atoms with Gasteiger partial charge in [0.1, 0.15) is 5.82 Å². The summed E-state index contributed by atoms with van der Waals surface area (Å²) in [5.74, 6) is 0.0575. The number of benzene rings is 1. The highest BCUT2D eigenvalue weighted by atomic mass is 32.2. The fourth-order valence-electron chi connectivity index (χ4n) is 2.02. The molecular weight excluding hydrogens is 235 g/mol. The highest BCUT2D eigenvalue weighted by Crippen LogP contribution is 2.37. The van der Waals surface area contributed by atoms with Crippen LogP contribution in [0.3, 0.4) is 0 Å². The molecule has 1 aromatic rings. The van der Waals surface area contributed by atoms with E-state index in [-0.39, 0.29) is 11.6 Å². The number of Topliss-reactive ketones (excluding diaryl/α,β-unsaturated/α-hetero) is 1. The second-order valence-electron chi connectivity index (χ2n) is 4.09. The predicted octanol–water partition coefficient (Wildman–Crippen LogP) is 4.33. The Balaban J connectivity index is 2.21. The first-order valence-corrected chi connectivity index (χ1v) is 6.71. The van der Waals surface area contributed by atoms with E-state index in [9.17, 15) is 9.18 Å². The highest BCUT2D eigenvalue weighted by molar-refractivity contribution is 8.03. The molecule has 1 aromatic carbocycles. The largest absolute Gasteiger partial charge is 0.295 e. The molecule has 1 aliphatic rings. The molecule has 2 rings (SSSR count). The van der Waals surface area contributed by atoms with E-state index in [4.69, 9.17) is 0 Å². The molecule has 0 bridgehead atoms. The number of thioether (sulfide) groups is 1. The Morgan fingerprint density at radius 3 is 2.59 bits per heavy atom. The van der Waals surface area contributed by atoms with E-state index in [2.05, 4.69) is 0 Å². The number of ketones is 1. The van der Waals surface area contributed by atoms with Crippen LogP contribution < -0.4 is 0 Å². The van der Waals surface area contributed by atoms with Crippen LogP contribution in [0.4, 0.5) is 4.39 Å². The summed E-state index contributed by atoms with van der Waals surface area (Å²) in [6.07, 6.45) is 3.38. The first-order valence-electron chi connectivity index (χ1n) is 5.89. The quantitative estimate of drug-likeness (QED) is 0.794. The molecule has 1 nitrogen and oxygen atoms in total. The van der Waals surface area contributed by atoms with Gasteiger partial charge in [-0.25, -0.2) is 4.39 Å². The van der Waals surface area contributed by atoms with Gasteiger partial charge in [0, 0.05) is 16.9 Å². The number of halogens is 1. The van der Waals surface area contributed by atoms with Gasteiger partial charge in [-0.3, -0.25) is 4.79 Å². The van der Waals surface area contributed by atoms with E-state index in [1.54, 1.807) is 23.9 Å². The van der Waals surface area contributed by atoms with E-state index in [1.807, 2.05) is 6.92 Å². The van der Waals surface area contributed by atoms with E-state index < -0.39 is 0 Å². The summed E-state index contributed by atoms with van der Waals surface area (Å²) in [5.41, 5.74) is 0.963. The number of carbonyl (C=O) groups excluding carboxylic acids is 1. The van der Waals surface area contributed by atoms with Gasteiger partial charge in [-0.1, -0.05) is 18.7 Å². The first kappa shape index (κ1) is 12.4. The topological polar surface area (TPSA) is 17.1 Å². The molecular formula is C14H15FOS. The van der Waals surface area contributed by atoms with Crippen molar-refractivity contribution in [2.45, 2.75) is 37.5 Å². The number of allylic oxidation sites excluding steroid dienone is 2. The summed E-state index contributed by atoms with van der Waals surface area (Å²) in [6.45, 7) is 2.02. The average Bonchev–Trinajstić information content (AvgIpc) is 2.32. The Hall–Kier alpha value is -1.09. The molecule has 0 aromatic heterocycles. The zero-order chi connectivity index (χ0) is 12.3. The SMILES string of the molecule is CCC1=C(Sc2ccc(F)cc2)CCCC1=O. The second-order valence-corrected chi connectivity index (χ2v) is 5.26. The molecule has 1 aliphatic carbocycles. The summed E-state index contributed by atoms with van der Waals surface area (Å²) < 4.78 is 12.8. The number of carbonyl (C=O) groups is 1. The predicted molar refractivity (Wildman–Crippen MR) is 68.4 cm³/mol. The molecule has 0 fully saturated rings. The lowest BCUT2D eigenvalue weighted by Gasteiger charge is -2.17. The number of hydrogen-bond acceptors (Lipinski definition) is 2. The van der Waals surface area contributed by atoms with Gasteiger partial charge in [0.05, 0.1) is 0 Å².